The van der Waals surface area contributed by atoms with E-state index in [4.69, 9.17) is 16.1 Å². The molecule has 1 amide bonds. The van der Waals surface area contributed by atoms with Gasteiger partial charge in [-0.2, -0.15) is 0 Å². The number of halogens is 1. The third-order valence-electron chi connectivity index (χ3n) is 5.57. The Morgan fingerprint density at radius 3 is 2.59 bits per heavy atom. The number of nitrogens with one attached hydrogen (secondary N) is 2. The average molecular weight is 488 g/mol. The van der Waals surface area contributed by atoms with Crippen LogP contribution < -0.4 is 5.32 Å². The van der Waals surface area contributed by atoms with E-state index in [2.05, 4.69) is 39.7 Å². The molecule has 0 bridgehead atoms. The number of hydrogen-bond acceptors (Lipinski definition) is 4. The van der Waals surface area contributed by atoms with E-state index in [0.717, 1.165) is 16.8 Å². The molecule has 34 heavy (non-hydrogen) atoms. The van der Waals surface area contributed by atoms with Crippen molar-refractivity contribution in [1.82, 2.24) is 15.5 Å². The average Bonchev–Trinajstić information content (AvgIpc) is 3.43. The summed E-state index contributed by atoms with van der Waals surface area (Å²) in [5.41, 5.74) is 4.86. The minimum Gasteiger partial charge on any atom is -0.360 e. The zero-order valence-electron chi connectivity index (χ0n) is 18.5. The lowest BCUT2D eigenvalue weighted by atomic mass is 10.1. The first-order valence-electron chi connectivity index (χ1n) is 10.9. The largest absolute Gasteiger partial charge is 0.360 e. The SMILES string of the molecule is Cc1onc(-c2ccccc2Cl)c1C(=O)NCCSc1c(-c2ccccc2)[nH]c2ccccc12. The summed E-state index contributed by atoms with van der Waals surface area (Å²) in [4.78, 5) is 17.7. The number of nitrogens with zero attached hydrogens (tertiary/aromatic N) is 1. The van der Waals surface area contributed by atoms with E-state index >= 15 is 0 Å². The number of carbonyl (C=O) groups is 1. The van der Waals surface area contributed by atoms with Gasteiger partial charge in [0.05, 0.1) is 10.7 Å². The first kappa shape index (κ1) is 22.3. The highest BCUT2D eigenvalue weighted by Gasteiger charge is 2.23. The summed E-state index contributed by atoms with van der Waals surface area (Å²) < 4.78 is 5.33. The highest BCUT2D eigenvalue weighted by Crippen LogP contribution is 2.37. The van der Waals surface area contributed by atoms with Crippen molar-refractivity contribution in [3.8, 4) is 22.5 Å². The van der Waals surface area contributed by atoms with Crippen LogP contribution in [0.25, 0.3) is 33.4 Å². The van der Waals surface area contributed by atoms with Crippen LogP contribution in [0.2, 0.25) is 5.02 Å². The fourth-order valence-electron chi connectivity index (χ4n) is 3.96. The molecule has 0 spiro atoms. The summed E-state index contributed by atoms with van der Waals surface area (Å²) in [7, 11) is 0. The second-order valence-electron chi connectivity index (χ2n) is 7.79. The Kier molecular flexibility index (Phi) is 6.43. The number of hydrogen-bond donors (Lipinski definition) is 2. The van der Waals surface area contributed by atoms with Gasteiger partial charge in [-0.05, 0) is 24.6 Å². The summed E-state index contributed by atoms with van der Waals surface area (Å²) in [6, 6.07) is 25.8. The lowest BCUT2D eigenvalue weighted by Gasteiger charge is -2.08. The van der Waals surface area contributed by atoms with Crippen molar-refractivity contribution >= 4 is 40.2 Å². The summed E-state index contributed by atoms with van der Waals surface area (Å²) in [5, 5.41) is 8.79. The fourth-order valence-corrected chi connectivity index (χ4v) is 5.24. The predicted octanol–water partition coefficient (Wildman–Crippen LogP) is 6.97. The van der Waals surface area contributed by atoms with Gasteiger partial charge in [-0.25, -0.2) is 0 Å². The number of carbonyl (C=O) groups excluding carboxylic acids is 1. The number of thioether (sulfide) groups is 1. The molecule has 0 unspecified atom stereocenters. The van der Waals surface area contributed by atoms with E-state index in [1.807, 2.05) is 48.5 Å². The molecule has 7 heteroatoms. The van der Waals surface area contributed by atoms with E-state index in [1.165, 1.54) is 10.3 Å². The van der Waals surface area contributed by atoms with Gasteiger partial charge in [0.2, 0.25) is 0 Å². The van der Waals surface area contributed by atoms with Gasteiger partial charge >= 0.3 is 0 Å². The van der Waals surface area contributed by atoms with Gasteiger partial charge in [0.15, 0.2) is 0 Å². The summed E-state index contributed by atoms with van der Waals surface area (Å²) >= 11 is 8.04. The molecule has 5 aromatic rings. The normalized spacial score (nSPS) is 11.1. The van der Waals surface area contributed by atoms with Crippen LogP contribution in [0.3, 0.4) is 0 Å². The number of H-pyrrole nitrogens is 1. The van der Waals surface area contributed by atoms with E-state index in [-0.39, 0.29) is 5.91 Å². The van der Waals surface area contributed by atoms with Crippen molar-refractivity contribution in [2.24, 2.45) is 0 Å². The molecule has 2 heterocycles. The molecule has 0 fully saturated rings. The Balaban J connectivity index is 1.32. The van der Waals surface area contributed by atoms with Gasteiger partial charge in [-0.15, -0.1) is 11.8 Å². The van der Waals surface area contributed by atoms with Crippen molar-refractivity contribution in [1.29, 1.82) is 0 Å². The molecule has 2 N–H and O–H groups in total. The standard InChI is InChI=1S/C27H22ClN3O2S/c1-17-23(25(31-33-17)19-11-5-7-13-21(19)28)27(32)29-15-16-34-26-20-12-6-8-14-22(20)30-24(26)18-9-3-2-4-10-18/h2-14,30H,15-16H2,1H3,(H,29,32). The van der Waals surface area contributed by atoms with Crippen LogP contribution in [0.5, 0.6) is 0 Å². The maximum Gasteiger partial charge on any atom is 0.257 e. The molecular formula is C27H22ClN3O2S. The molecule has 170 valence electrons. The molecule has 0 aliphatic heterocycles. The molecule has 2 aromatic heterocycles. The Morgan fingerprint density at radius 1 is 1.03 bits per heavy atom. The summed E-state index contributed by atoms with van der Waals surface area (Å²) in [6.45, 7) is 2.22. The zero-order chi connectivity index (χ0) is 23.5. The number of aryl methyl sites for hydroxylation is 1. The summed E-state index contributed by atoms with van der Waals surface area (Å²) in [6.07, 6.45) is 0. The van der Waals surface area contributed by atoms with Gasteiger partial charge in [0.25, 0.3) is 5.91 Å². The minimum absolute atomic E-state index is 0.225. The molecule has 5 nitrogen and oxygen atoms in total. The van der Waals surface area contributed by atoms with Crippen molar-refractivity contribution in [2.45, 2.75) is 11.8 Å². The first-order valence-corrected chi connectivity index (χ1v) is 12.3. The van der Waals surface area contributed by atoms with Crippen LogP contribution in [0.4, 0.5) is 0 Å². The maximum atomic E-state index is 13.0. The van der Waals surface area contributed by atoms with Crippen LogP contribution in [0, 0.1) is 6.92 Å². The topological polar surface area (TPSA) is 70.9 Å². The predicted molar refractivity (Wildman–Crippen MR) is 138 cm³/mol. The highest BCUT2D eigenvalue weighted by atomic mass is 35.5. The molecule has 0 saturated heterocycles. The number of amides is 1. The number of benzene rings is 3. The van der Waals surface area contributed by atoms with Gasteiger partial charge in [0, 0.05) is 33.7 Å². The van der Waals surface area contributed by atoms with Crippen molar-refractivity contribution in [3.63, 3.8) is 0 Å². The summed E-state index contributed by atoms with van der Waals surface area (Å²) in [5.74, 6) is 0.943. The van der Waals surface area contributed by atoms with Gasteiger partial charge < -0.3 is 14.8 Å². The molecule has 0 saturated carbocycles. The van der Waals surface area contributed by atoms with Crippen molar-refractivity contribution in [2.75, 3.05) is 12.3 Å². The molecule has 0 radical (unpaired) electrons. The van der Waals surface area contributed by atoms with Crippen LogP contribution in [-0.2, 0) is 0 Å². The molecule has 0 aliphatic carbocycles. The smallest absolute Gasteiger partial charge is 0.257 e. The molecule has 5 rings (SSSR count). The lowest BCUT2D eigenvalue weighted by molar-refractivity contribution is 0.0955. The first-order chi connectivity index (χ1) is 16.6. The Hall–Kier alpha value is -3.48. The van der Waals surface area contributed by atoms with Crippen molar-refractivity contribution < 1.29 is 9.32 Å². The van der Waals surface area contributed by atoms with Crippen molar-refractivity contribution in [3.05, 3.63) is 95.2 Å². The third kappa shape index (κ3) is 4.34. The lowest BCUT2D eigenvalue weighted by Crippen LogP contribution is -2.26. The quantitative estimate of drug-likeness (QED) is 0.192. The Labute approximate surface area is 206 Å². The maximum absolute atomic E-state index is 13.0. The number of aromatic nitrogens is 2. The Bertz CT molecular complexity index is 1460. The molecule has 3 aromatic carbocycles. The highest BCUT2D eigenvalue weighted by molar-refractivity contribution is 7.99. The number of para-hydroxylation sites is 1. The number of aromatic amines is 1. The zero-order valence-corrected chi connectivity index (χ0v) is 20.0. The van der Waals surface area contributed by atoms with E-state index < -0.39 is 0 Å². The second kappa shape index (κ2) is 9.79. The van der Waals surface area contributed by atoms with Crippen LogP contribution >= 0.6 is 23.4 Å². The van der Waals surface area contributed by atoms with Crippen LogP contribution in [0.15, 0.2) is 88.3 Å². The molecule has 0 atom stereocenters. The van der Waals surface area contributed by atoms with E-state index in [1.54, 1.807) is 24.8 Å². The van der Waals surface area contributed by atoms with Gasteiger partial charge in [0.1, 0.15) is 17.0 Å². The third-order valence-corrected chi connectivity index (χ3v) is 7.02. The van der Waals surface area contributed by atoms with Crippen LogP contribution in [0.1, 0.15) is 16.1 Å². The number of fused-ring (bicyclic) bond motifs is 1. The second-order valence-corrected chi connectivity index (χ2v) is 9.30. The monoisotopic (exact) mass is 487 g/mol. The van der Waals surface area contributed by atoms with E-state index in [9.17, 15) is 4.79 Å². The fraction of sp³-hybridized carbons (Fsp3) is 0.111. The molecular weight excluding hydrogens is 466 g/mol. The Morgan fingerprint density at radius 2 is 1.76 bits per heavy atom. The minimum atomic E-state index is -0.225. The molecule has 0 aliphatic rings. The van der Waals surface area contributed by atoms with Crippen LogP contribution in [-0.4, -0.2) is 28.3 Å². The number of rotatable bonds is 7. The van der Waals surface area contributed by atoms with Gasteiger partial charge in [-0.1, -0.05) is 83.5 Å². The van der Waals surface area contributed by atoms with Gasteiger partial charge in [-0.3, -0.25) is 4.79 Å². The van der Waals surface area contributed by atoms with E-state index in [0.29, 0.717) is 39.9 Å².